The van der Waals surface area contributed by atoms with Crippen LogP contribution in [0.3, 0.4) is 0 Å². The van der Waals surface area contributed by atoms with E-state index in [9.17, 15) is 14.9 Å². The summed E-state index contributed by atoms with van der Waals surface area (Å²) >= 11 is 4.63. The van der Waals surface area contributed by atoms with Gasteiger partial charge in [-0.15, -0.1) is 10.2 Å². The van der Waals surface area contributed by atoms with Gasteiger partial charge in [-0.1, -0.05) is 11.8 Å². The second kappa shape index (κ2) is 8.08. The monoisotopic (exact) mass is 466 g/mol. The molecule has 0 atom stereocenters. The molecule has 1 aliphatic carbocycles. The Morgan fingerprint density at radius 2 is 2.07 bits per heavy atom. The number of non-ortho nitro benzene ring substituents is 1. The number of aromatic nitrogens is 3. The van der Waals surface area contributed by atoms with Crippen LogP contribution in [0.25, 0.3) is 0 Å². The first-order valence-electron chi connectivity index (χ1n) is 9.09. The van der Waals surface area contributed by atoms with Gasteiger partial charge in [0.05, 0.1) is 16.4 Å². The molecule has 1 aliphatic heterocycles. The fraction of sp³-hybridized carbons (Fsp3) is 0.471. The number of halogens is 1. The summed E-state index contributed by atoms with van der Waals surface area (Å²) in [4.78, 5) is 25.0. The molecule has 0 radical (unpaired) electrons. The number of nitro benzene ring substituents is 1. The van der Waals surface area contributed by atoms with Gasteiger partial charge >= 0.3 is 0 Å². The zero-order valence-corrected chi connectivity index (χ0v) is 17.4. The minimum Gasteiger partial charge on any atom is -0.341 e. The Hall–Kier alpha value is -2.14. The van der Waals surface area contributed by atoms with Crippen LogP contribution in [0.2, 0.25) is 0 Å². The molecule has 2 heterocycles. The summed E-state index contributed by atoms with van der Waals surface area (Å²) in [5.74, 6) is 0.905. The van der Waals surface area contributed by atoms with Gasteiger partial charge in [0.2, 0.25) is 11.9 Å². The normalized spacial score (nSPS) is 16.4. The van der Waals surface area contributed by atoms with E-state index in [1.165, 1.54) is 42.8 Å². The molecule has 148 valence electrons. The molecule has 1 amide bonds. The Morgan fingerprint density at radius 1 is 1.32 bits per heavy atom. The van der Waals surface area contributed by atoms with Crippen LogP contribution in [-0.2, 0) is 4.79 Å². The van der Waals surface area contributed by atoms with Crippen LogP contribution >= 0.6 is 27.7 Å². The first-order valence-corrected chi connectivity index (χ1v) is 10.9. The summed E-state index contributed by atoms with van der Waals surface area (Å²) in [5, 5.41) is 23.0. The van der Waals surface area contributed by atoms with Crippen molar-refractivity contribution in [3.8, 4) is 0 Å². The summed E-state index contributed by atoms with van der Waals surface area (Å²) in [6, 6.07) is 4.68. The maximum absolute atomic E-state index is 12.4. The highest BCUT2D eigenvalue weighted by Gasteiger charge is 2.32. The molecule has 4 rings (SSSR count). The number of hydrogen-bond acceptors (Lipinski definition) is 7. The lowest BCUT2D eigenvalue weighted by Gasteiger charge is -2.17. The average Bonchev–Trinajstić information content (AvgIpc) is 3.18. The number of nitro groups is 1. The number of thioether (sulfide) groups is 1. The third-order valence-corrected chi connectivity index (χ3v) is 6.32. The van der Waals surface area contributed by atoms with Crippen LogP contribution in [-0.4, -0.2) is 44.4 Å². The molecule has 0 spiro atoms. The second-order valence-corrected chi connectivity index (χ2v) is 8.63. The summed E-state index contributed by atoms with van der Waals surface area (Å²) < 4.78 is 2.64. The number of nitrogens with zero attached hydrogens (tertiary/aromatic N) is 5. The maximum Gasteiger partial charge on any atom is 0.270 e. The van der Waals surface area contributed by atoms with E-state index >= 15 is 0 Å². The van der Waals surface area contributed by atoms with Gasteiger partial charge in [0.1, 0.15) is 0 Å². The molecule has 9 nitrogen and oxygen atoms in total. The van der Waals surface area contributed by atoms with Gasteiger partial charge in [-0.2, -0.15) is 0 Å². The highest BCUT2D eigenvalue weighted by molar-refractivity contribution is 9.10. The highest BCUT2D eigenvalue weighted by Crippen LogP contribution is 2.41. The third kappa shape index (κ3) is 4.14. The number of nitrogens with one attached hydrogen (secondary N) is 1. The zero-order chi connectivity index (χ0) is 19.7. The molecule has 1 aromatic carbocycles. The number of amides is 1. The van der Waals surface area contributed by atoms with Crippen molar-refractivity contribution in [2.24, 2.45) is 0 Å². The molecular weight excluding hydrogens is 448 g/mol. The Bertz CT molecular complexity index is 910. The first kappa shape index (κ1) is 19.2. The average molecular weight is 467 g/mol. The van der Waals surface area contributed by atoms with Gasteiger partial charge in [0.25, 0.3) is 5.69 Å². The SMILES string of the molecule is O=C(CSc1nnc(N2CCCC2)n1C1CC1)Nc1ccc([N+](=O)[O-])cc1Br. The van der Waals surface area contributed by atoms with Crippen molar-refractivity contribution in [1.29, 1.82) is 0 Å². The Morgan fingerprint density at radius 3 is 2.71 bits per heavy atom. The van der Waals surface area contributed by atoms with Gasteiger partial charge < -0.3 is 10.2 Å². The van der Waals surface area contributed by atoms with Gasteiger partial charge in [-0.25, -0.2) is 0 Å². The van der Waals surface area contributed by atoms with E-state index in [-0.39, 0.29) is 17.3 Å². The van der Waals surface area contributed by atoms with E-state index < -0.39 is 4.92 Å². The van der Waals surface area contributed by atoms with E-state index in [2.05, 4.69) is 40.9 Å². The van der Waals surface area contributed by atoms with Crippen LogP contribution in [0.15, 0.2) is 27.8 Å². The van der Waals surface area contributed by atoms with Crippen LogP contribution in [0, 0.1) is 10.1 Å². The number of hydrogen-bond donors (Lipinski definition) is 1. The van der Waals surface area contributed by atoms with Gasteiger partial charge in [0, 0.05) is 35.7 Å². The molecule has 28 heavy (non-hydrogen) atoms. The molecule has 1 N–H and O–H groups in total. The van der Waals surface area contributed by atoms with Crippen molar-refractivity contribution in [3.05, 3.63) is 32.8 Å². The molecule has 0 unspecified atom stereocenters. The Kier molecular flexibility index (Phi) is 5.54. The van der Waals surface area contributed by atoms with Crippen LogP contribution in [0.1, 0.15) is 31.7 Å². The van der Waals surface area contributed by atoms with Crippen LogP contribution < -0.4 is 10.2 Å². The molecule has 1 saturated heterocycles. The van der Waals surface area contributed by atoms with Crippen molar-refractivity contribution in [2.75, 3.05) is 29.1 Å². The van der Waals surface area contributed by atoms with Gasteiger partial charge in [-0.3, -0.25) is 19.5 Å². The van der Waals surface area contributed by atoms with E-state index in [0.29, 0.717) is 16.2 Å². The lowest BCUT2D eigenvalue weighted by Crippen LogP contribution is -2.22. The van der Waals surface area contributed by atoms with Crippen molar-refractivity contribution in [2.45, 2.75) is 36.9 Å². The molecule has 0 bridgehead atoms. The van der Waals surface area contributed by atoms with Crippen molar-refractivity contribution < 1.29 is 9.72 Å². The van der Waals surface area contributed by atoms with Gasteiger partial charge in [0.15, 0.2) is 5.16 Å². The molecule has 2 aromatic rings. The van der Waals surface area contributed by atoms with Crippen molar-refractivity contribution in [3.63, 3.8) is 0 Å². The minimum atomic E-state index is -0.477. The summed E-state index contributed by atoms with van der Waals surface area (Å²) in [7, 11) is 0. The molecule has 2 fully saturated rings. The standard InChI is InChI=1S/C17H19BrN6O3S/c18-13-9-12(24(26)27)5-6-14(13)19-15(25)10-28-17-21-20-16(22-7-1-2-8-22)23(17)11-3-4-11/h5-6,9,11H,1-4,7-8,10H2,(H,19,25). The van der Waals surface area contributed by atoms with Crippen LogP contribution in [0.5, 0.6) is 0 Å². The van der Waals surface area contributed by atoms with E-state index in [4.69, 9.17) is 0 Å². The second-order valence-electron chi connectivity index (χ2n) is 6.84. The third-order valence-electron chi connectivity index (χ3n) is 4.72. The summed E-state index contributed by atoms with van der Waals surface area (Å²) in [6.45, 7) is 2.01. The fourth-order valence-corrected chi connectivity index (χ4v) is 4.45. The largest absolute Gasteiger partial charge is 0.341 e. The number of rotatable bonds is 7. The first-order chi connectivity index (χ1) is 13.5. The topological polar surface area (TPSA) is 106 Å². The Labute approximate surface area is 174 Å². The maximum atomic E-state index is 12.4. The number of carbonyl (C=O) groups excluding carboxylic acids is 1. The number of benzene rings is 1. The Balaban J connectivity index is 1.41. The quantitative estimate of drug-likeness (QED) is 0.377. The molecular formula is C17H19BrN6O3S. The zero-order valence-electron chi connectivity index (χ0n) is 15.0. The smallest absolute Gasteiger partial charge is 0.270 e. The highest BCUT2D eigenvalue weighted by atomic mass is 79.9. The molecule has 1 aromatic heterocycles. The van der Waals surface area contributed by atoms with Gasteiger partial charge in [-0.05, 0) is 47.7 Å². The summed E-state index contributed by atoms with van der Waals surface area (Å²) in [5.41, 5.74) is 0.462. The van der Waals surface area contributed by atoms with E-state index in [1.54, 1.807) is 0 Å². The van der Waals surface area contributed by atoms with E-state index in [1.807, 2.05) is 0 Å². The number of carbonyl (C=O) groups is 1. The summed E-state index contributed by atoms with van der Waals surface area (Å²) in [6.07, 6.45) is 4.59. The van der Waals surface area contributed by atoms with Crippen molar-refractivity contribution >= 4 is 50.9 Å². The minimum absolute atomic E-state index is 0.0359. The van der Waals surface area contributed by atoms with Crippen molar-refractivity contribution in [1.82, 2.24) is 14.8 Å². The number of anilines is 2. The van der Waals surface area contributed by atoms with Crippen LogP contribution in [0.4, 0.5) is 17.3 Å². The lowest BCUT2D eigenvalue weighted by molar-refractivity contribution is -0.384. The predicted octanol–water partition coefficient (Wildman–Crippen LogP) is 3.61. The molecule has 2 aliphatic rings. The van der Waals surface area contributed by atoms with E-state index in [0.717, 1.165) is 37.0 Å². The molecule has 11 heteroatoms. The fourth-order valence-electron chi connectivity index (χ4n) is 3.19. The molecule has 1 saturated carbocycles. The predicted molar refractivity (Wildman–Crippen MR) is 110 cm³/mol. The lowest BCUT2D eigenvalue weighted by atomic mass is 10.3.